The number of aryl methyl sites for hydroxylation is 4. The van der Waals surface area contributed by atoms with Gasteiger partial charge in [0, 0.05) is 16.4 Å². The van der Waals surface area contributed by atoms with Crippen LogP contribution in [0.1, 0.15) is 32.9 Å². The molecule has 0 spiro atoms. The molecule has 118 valence electrons. The van der Waals surface area contributed by atoms with Gasteiger partial charge < -0.3 is 5.32 Å². The lowest BCUT2D eigenvalue weighted by atomic mass is 10.1. The molecule has 5 heteroatoms. The molecule has 1 aromatic carbocycles. The number of amides is 1. The second kappa shape index (κ2) is 5.81. The van der Waals surface area contributed by atoms with Gasteiger partial charge in [0.2, 0.25) is 0 Å². The highest BCUT2D eigenvalue weighted by atomic mass is 79.9. The smallest absolute Gasteiger partial charge is 0.274 e. The Balaban J connectivity index is 2.08. The maximum absolute atomic E-state index is 12.8. The molecule has 1 amide bonds. The lowest BCUT2D eigenvalue weighted by Gasteiger charge is -2.10. The van der Waals surface area contributed by atoms with Crippen molar-refractivity contribution in [3.05, 3.63) is 63.0 Å². The first kappa shape index (κ1) is 15.7. The molecule has 0 aliphatic heterocycles. The summed E-state index contributed by atoms with van der Waals surface area (Å²) in [5.41, 5.74) is 6.08. The van der Waals surface area contributed by atoms with Crippen molar-refractivity contribution >= 4 is 33.2 Å². The third-order valence-electron chi connectivity index (χ3n) is 3.90. The van der Waals surface area contributed by atoms with Gasteiger partial charge in [-0.3, -0.25) is 9.20 Å². The zero-order valence-electron chi connectivity index (χ0n) is 13.6. The molecule has 0 atom stereocenters. The van der Waals surface area contributed by atoms with E-state index in [9.17, 15) is 4.79 Å². The SMILES string of the molecule is Cc1ccc(C)c(NC(=O)c2c(C)nc3c(C)cc(Br)cn23)c1. The Morgan fingerprint density at radius 2 is 1.87 bits per heavy atom. The van der Waals surface area contributed by atoms with Gasteiger partial charge in [0.1, 0.15) is 11.3 Å². The van der Waals surface area contributed by atoms with Crippen LogP contribution >= 0.6 is 15.9 Å². The monoisotopic (exact) mass is 371 g/mol. The maximum Gasteiger partial charge on any atom is 0.274 e. The van der Waals surface area contributed by atoms with E-state index in [2.05, 4.69) is 26.2 Å². The van der Waals surface area contributed by atoms with E-state index < -0.39 is 0 Å². The summed E-state index contributed by atoms with van der Waals surface area (Å²) in [6.45, 7) is 7.84. The number of imidazole rings is 1. The number of hydrogen-bond acceptors (Lipinski definition) is 2. The molecule has 3 rings (SSSR count). The number of fused-ring (bicyclic) bond motifs is 1. The standard InChI is InChI=1S/C18H18BrN3O/c1-10-5-6-11(2)15(7-10)21-18(23)16-13(4)20-17-12(3)8-14(19)9-22(16)17/h5-9H,1-4H3,(H,21,23). The highest BCUT2D eigenvalue weighted by Gasteiger charge is 2.18. The quantitative estimate of drug-likeness (QED) is 0.716. The largest absolute Gasteiger partial charge is 0.320 e. The molecule has 0 fully saturated rings. The van der Waals surface area contributed by atoms with E-state index in [1.807, 2.05) is 62.6 Å². The second-order valence-corrected chi connectivity index (χ2v) is 6.77. The van der Waals surface area contributed by atoms with Crippen molar-refractivity contribution in [2.24, 2.45) is 0 Å². The van der Waals surface area contributed by atoms with Gasteiger partial charge in [-0.05, 0) is 72.4 Å². The van der Waals surface area contributed by atoms with Crippen molar-refractivity contribution in [1.82, 2.24) is 9.38 Å². The molecule has 0 radical (unpaired) electrons. The van der Waals surface area contributed by atoms with E-state index in [0.29, 0.717) is 11.4 Å². The molecule has 3 aromatic rings. The van der Waals surface area contributed by atoms with E-state index >= 15 is 0 Å². The molecule has 0 aliphatic rings. The first-order valence-electron chi connectivity index (χ1n) is 7.40. The number of halogens is 1. The maximum atomic E-state index is 12.8. The van der Waals surface area contributed by atoms with Crippen LogP contribution in [0.3, 0.4) is 0 Å². The predicted octanol–water partition coefficient (Wildman–Crippen LogP) is 4.58. The lowest BCUT2D eigenvalue weighted by Crippen LogP contribution is -2.16. The summed E-state index contributed by atoms with van der Waals surface area (Å²) in [4.78, 5) is 17.3. The average molecular weight is 372 g/mol. The average Bonchev–Trinajstić information content (AvgIpc) is 2.79. The fourth-order valence-electron chi connectivity index (χ4n) is 2.71. The lowest BCUT2D eigenvalue weighted by molar-refractivity contribution is 0.102. The van der Waals surface area contributed by atoms with Gasteiger partial charge in [0.15, 0.2) is 0 Å². The molecule has 0 saturated carbocycles. The number of carbonyl (C=O) groups excluding carboxylic acids is 1. The number of rotatable bonds is 2. The number of nitrogens with one attached hydrogen (secondary N) is 1. The third kappa shape index (κ3) is 2.88. The van der Waals surface area contributed by atoms with E-state index in [1.54, 1.807) is 0 Å². The van der Waals surface area contributed by atoms with Crippen LogP contribution in [-0.4, -0.2) is 15.3 Å². The molecule has 23 heavy (non-hydrogen) atoms. The molecule has 2 heterocycles. The molecule has 4 nitrogen and oxygen atoms in total. The Hall–Kier alpha value is -2.14. The van der Waals surface area contributed by atoms with Gasteiger partial charge in [0.05, 0.1) is 5.69 Å². The van der Waals surface area contributed by atoms with Crippen molar-refractivity contribution < 1.29 is 4.79 Å². The van der Waals surface area contributed by atoms with Gasteiger partial charge >= 0.3 is 0 Å². The Labute approximate surface area is 143 Å². The normalized spacial score (nSPS) is 11.0. The molecule has 0 unspecified atom stereocenters. The Morgan fingerprint density at radius 3 is 2.61 bits per heavy atom. The van der Waals surface area contributed by atoms with E-state index in [1.165, 1.54) is 0 Å². The second-order valence-electron chi connectivity index (χ2n) is 5.85. The third-order valence-corrected chi connectivity index (χ3v) is 4.33. The van der Waals surface area contributed by atoms with Crippen LogP contribution in [-0.2, 0) is 0 Å². The number of anilines is 1. The summed E-state index contributed by atoms with van der Waals surface area (Å²) in [6, 6.07) is 8.01. The highest BCUT2D eigenvalue weighted by molar-refractivity contribution is 9.10. The number of hydrogen-bond donors (Lipinski definition) is 1. The van der Waals surface area contributed by atoms with Gasteiger partial charge in [-0.1, -0.05) is 12.1 Å². The number of aromatic nitrogens is 2. The van der Waals surface area contributed by atoms with Gasteiger partial charge in [0.25, 0.3) is 5.91 Å². The van der Waals surface area contributed by atoms with Gasteiger partial charge in [-0.15, -0.1) is 0 Å². The van der Waals surface area contributed by atoms with E-state index in [4.69, 9.17) is 0 Å². The van der Waals surface area contributed by atoms with Crippen molar-refractivity contribution in [2.45, 2.75) is 27.7 Å². The molecular weight excluding hydrogens is 354 g/mol. The van der Waals surface area contributed by atoms with E-state index in [-0.39, 0.29) is 5.91 Å². The first-order chi connectivity index (χ1) is 10.9. The van der Waals surface area contributed by atoms with Crippen LogP contribution in [0.4, 0.5) is 5.69 Å². The minimum atomic E-state index is -0.152. The number of nitrogens with zero attached hydrogens (tertiary/aromatic N) is 2. The minimum Gasteiger partial charge on any atom is -0.320 e. The fourth-order valence-corrected chi connectivity index (χ4v) is 3.26. The zero-order valence-corrected chi connectivity index (χ0v) is 15.2. The van der Waals surface area contributed by atoms with Crippen LogP contribution in [0, 0.1) is 27.7 Å². The summed E-state index contributed by atoms with van der Waals surface area (Å²) in [6.07, 6.45) is 1.88. The van der Waals surface area contributed by atoms with Crippen molar-refractivity contribution in [3.8, 4) is 0 Å². The minimum absolute atomic E-state index is 0.152. The zero-order chi connectivity index (χ0) is 16.7. The van der Waals surface area contributed by atoms with Gasteiger partial charge in [-0.2, -0.15) is 0 Å². The van der Waals surface area contributed by atoms with E-state index in [0.717, 1.165) is 32.5 Å². The molecular formula is C18H18BrN3O. The van der Waals surface area contributed by atoms with Crippen LogP contribution < -0.4 is 5.32 Å². The van der Waals surface area contributed by atoms with Crippen molar-refractivity contribution in [1.29, 1.82) is 0 Å². The molecule has 1 N–H and O–H groups in total. The number of carbonyl (C=O) groups is 1. The molecule has 0 aliphatic carbocycles. The first-order valence-corrected chi connectivity index (χ1v) is 8.19. The highest BCUT2D eigenvalue weighted by Crippen LogP contribution is 2.22. The summed E-state index contributed by atoms with van der Waals surface area (Å²) in [5, 5.41) is 3.01. The van der Waals surface area contributed by atoms with Crippen LogP contribution in [0.5, 0.6) is 0 Å². The van der Waals surface area contributed by atoms with Crippen molar-refractivity contribution in [3.63, 3.8) is 0 Å². The van der Waals surface area contributed by atoms with Crippen LogP contribution in [0.15, 0.2) is 34.9 Å². The predicted molar refractivity (Wildman–Crippen MR) is 96.2 cm³/mol. The Kier molecular flexibility index (Phi) is 3.98. The van der Waals surface area contributed by atoms with Crippen LogP contribution in [0.2, 0.25) is 0 Å². The molecule has 2 aromatic heterocycles. The molecule has 0 bridgehead atoms. The molecule has 0 saturated heterocycles. The number of pyridine rings is 1. The van der Waals surface area contributed by atoms with Crippen molar-refractivity contribution in [2.75, 3.05) is 5.32 Å². The number of benzene rings is 1. The summed E-state index contributed by atoms with van der Waals surface area (Å²) in [7, 11) is 0. The summed E-state index contributed by atoms with van der Waals surface area (Å²) < 4.78 is 2.76. The fraction of sp³-hybridized carbons (Fsp3) is 0.222. The summed E-state index contributed by atoms with van der Waals surface area (Å²) in [5.74, 6) is -0.152. The Bertz CT molecular complexity index is 928. The van der Waals surface area contributed by atoms with Gasteiger partial charge in [-0.25, -0.2) is 4.98 Å². The Morgan fingerprint density at radius 1 is 1.13 bits per heavy atom. The topological polar surface area (TPSA) is 46.4 Å². The summed E-state index contributed by atoms with van der Waals surface area (Å²) >= 11 is 3.48. The van der Waals surface area contributed by atoms with Crippen LogP contribution in [0.25, 0.3) is 5.65 Å².